The number of nitrogens with one attached hydrogen (secondary N) is 2. The molecule has 2 aromatic carbocycles. The van der Waals surface area contributed by atoms with Crippen LogP contribution in [-0.2, 0) is 16.0 Å². The monoisotopic (exact) mass is 360 g/mol. The molecule has 2 N–H and O–H groups in total. The minimum atomic E-state index is -0.0353. The molecular weight excluding hydrogens is 336 g/mol. The quantitative estimate of drug-likeness (QED) is 0.832. The molecule has 1 fully saturated rings. The van der Waals surface area contributed by atoms with Gasteiger partial charge >= 0.3 is 0 Å². The molecule has 1 heterocycles. The number of hydrogen-bond donors (Lipinski definition) is 2. The molecule has 2 unspecified atom stereocenters. The Balaban J connectivity index is 0.00000225. The number of morpholine rings is 1. The zero-order chi connectivity index (χ0) is 16.6. The molecule has 2 aromatic rings. The van der Waals surface area contributed by atoms with Gasteiger partial charge in [0.1, 0.15) is 0 Å². The van der Waals surface area contributed by atoms with Crippen LogP contribution in [0.5, 0.6) is 0 Å². The van der Waals surface area contributed by atoms with Crippen LogP contribution in [0.2, 0.25) is 0 Å². The number of hydrogen-bond acceptors (Lipinski definition) is 3. The van der Waals surface area contributed by atoms with Gasteiger partial charge in [0.2, 0.25) is 5.91 Å². The van der Waals surface area contributed by atoms with Crippen molar-refractivity contribution in [2.24, 2.45) is 0 Å². The molecule has 3 rings (SSSR count). The zero-order valence-corrected chi connectivity index (χ0v) is 15.0. The van der Waals surface area contributed by atoms with Crippen LogP contribution < -0.4 is 10.6 Å². The standard InChI is InChI=1S/C20H24N2O2.ClH/c23-20(14-18-15-21-11-12-24-18)22-19(17-9-5-2-6-10-17)13-16-7-3-1-4-8-16;/h1-10,18-19,21H,11-15H2,(H,22,23);1H. The van der Waals surface area contributed by atoms with Crippen LogP contribution in [0.15, 0.2) is 60.7 Å². The number of benzene rings is 2. The fraction of sp³-hybridized carbons (Fsp3) is 0.350. The Kier molecular flexibility index (Phi) is 7.92. The van der Waals surface area contributed by atoms with Crippen molar-refractivity contribution < 1.29 is 9.53 Å². The molecule has 0 bridgehead atoms. The van der Waals surface area contributed by atoms with Crippen LogP contribution in [0.3, 0.4) is 0 Å². The second kappa shape index (κ2) is 10.2. The van der Waals surface area contributed by atoms with Gasteiger partial charge in [0.25, 0.3) is 0 Å². The van der Waals surface area contributed by atoms with Crippen molar-refractivity contribution in [2.75, 3.05) is 19.7 Å². The lowest BCUT2D eigenvalue weighted by atomic mass is 9.98. The first-order valence-electron chi connectivity index (χ1n) is 8.52. The Labute approximate surface area is 155 Å². The third-order valence-electron chi connectivity index (χ3n) is 4.24. The summed E-state index contributed by atoms with van der Waals surface area (Å²) >= 11 is 0. The predicted octanol–water partition coefficient (Wildman–Crippen LogP) is 2.89. The molecule has 0 aliphatic carbocycles. The number of amides is 1. The lowest BCUT2D eigenvalue weighted by molar-refractivity contribution is -0.125. The van der Waals surface area contributed by atoms with Crippen LogP contribution in [-0.4, -0.2) is 31.7 Å². The highest BCUT2D eigenvalue weighted by atomic mass is 35.5. The summed E-state index contributed by atoms with van der Waals surface area (Å²) in [6.07, 6.45) is 1.14. The summed E-state index contributed by atoms with van der Waals surface area (Å²) < 4.78 is 5.63. The first-order chi connectivity index (χ1) is 11.8. The fourth-order valence-electron chi connectivity index (χ4n) is 3.00. The van der Waals surface area contributed by atoms with Gasteiger partial charge < -0.3 is 15.4 Å². The van der Waals surface area contributed by atoms with Gasteiger partial charge in [-0.3, -0.25) is 4.79 Å². The Morgan fingerprint density at radius 2 is 1.80 bits per heavy atom. The van der Waals surface area contributed by atoms with Crippen LogP contribution in [0, 0.1) is 0 Å². The van der Waals surface area contributed by atoms with E-state index in [2.05, 4.69) is 34.9 Å². The van der Waals surface area contributed by atoms with Gasteiger partial charge in [-0.05, 0) is 17.5 Å². The van der Waals surface area contributed by atoms with E-state index in [1.807, 2.05) is 36.4 Å². The number of ether oxygens (including phenoxy) is 1. The van der Waals surface area contributed by atoms with Crippen molar-refractivity contribution in [1.29, 1.82) is 0 Å². The Morgan fingerprint density at radius 1 is 1.12 bits per heavy atom. The van der Waals surface area contributed by atoms with Crippen molar-refractivity contribution in [3.05, 3.63) is 71.8 Å². The van der Waals surface area contributed by atoms with Gasteiger partial charge in [-0.25, -0.2) is 0 Å². The average molecular weight is 361 g/mol. The van der Waals surface area contributed by atoms with Gasteiger partial charge in [-0.2, -0.15) is 0 Å². The molecule has 0 radical (unpaired) electrons. The maximum Gasteiger partial charge on any atom is 0.223 e. The van der Waals surface area contributed by atoms with E-state index in [9.17, 15) is 4.79 Å². The maximum atomic E-state index is 12.5. The van der Waals surface area contributed by atoms with Crippen molar-refractivity contribution in [3.8, 4) is 0 Å². The summed E-state index contributed by atoms with van der Waals surface area (Å²) in [4.78, 5) is 12.5. The van der Waals surface area contributed by atoms with E-state index >= 15 is 0 Å². The smallest absolute Gasteiger partial charge is 0.223 e. The highest BCUT2D eigenvalue weighted by Gasteiger charge is 2.20. The van der Waals surface area contributed by atoms with Gasteiger partial charge in [0, 0.05) is 13.1 Å². The van der Waals surface area contributed by atoms with Crippen molar-refractivity contribution >= 4 is 18.3 Å². The molecule has 4 nitrogen and oxygen atoms in total. The summed E-state index contributed by atoms with van der Waals surface area (Å²) in [5.74, 6) is 0.0356. The average Bonchev–Trinajstić information content (AvgIpc) is 2.63. The molecule has 0 saturated carbocycles. The third-order valence-corrected chi connectivity index (χ3v) is 4.24. The summed E-state index contributed by atoms with van der Waals surface area (Å²) in [6.45, 7) is 2.27. The summed E-state index contributed by atoms with van der Waals surface area (Å²) in [6, 6.07) is 20.4. The molecule has 25 heavy (non-hydrogen) atoms. The Morgan fingerprint density at radius 3 is 2.44 bits per heavy atom. The second-order valence-corrected chi connectivity index (χ2v) is 6.12. The van der Waals surface area contributed by atoms with Gasteiger partial charge in [-0.1, -0.05) is 60.7 Å². The summed E-state index contributed by atoms with van der Waals surface area (Å²) in [5, 5.41) is 6.44. The molecule has 5 heteroatoms. The molecule has 1 saturated heterocycles. The van der Waals surface area contributed by atoms with Gasteiger partial charge in [-0.15, -0.1) is 12.4 Å². The van der Waals surface area contributed by atoms with Crippen LogP contribution in [0.4, 0.5) is 0 Å². The number of rotatable bonds is 6. The predicted molar refractivity (Wildman–Crippen MR) is 102 cm³/mol. The largest absolute Gasteiger partial charge is 0.375 e. The van der Waals surface area contributed by atoms with Crippen LogP contribution in [0.25, 0.3) is 0 Å². The van der Waals surface area contributed by atoms with Crippen molar-refractivity contribution in [1.82, 2.24) is 10.6 Å². The number of carbonyl (C=O) groups is 1. The minimum Gasteiger partial charge on any atom is -0.375 e. The normalized spacial score (nSPS) is 18.0. The molecule has 1 amide bonds. The van der Waals surface area contributed by atoms with E-state index in [0.717, 1.165) is 25.1 Å². The SMILES string of the molecule is Cl.O=C(CC1CNCCO1)NC(Cc1ccccc1)c1ccccc1. The lowest BCUT2D eigenvalue weighted by Gasteiger charge is -2.25. The summed E-state index contributed by atoms with van der Waals surface area (Å²) in [5.41, 5.74) is 2.33. The second-order valence-electron chi connectivity index (χ2n) is 6.12. The highest BCUT2D eigenvalue weighted by Crippen LogP contribution is 2.19. The Hall–Kier alpha value is -1.88. The fourth-order valence-corrected chi connectivity index (χ4v) is 3.00. The molecule has 0 aromatic heterocycles. The van der Waals surface area contributed by atoms with E-state index in [0.29, 0.717) is 13.0 Å². The van der Waals surface area contributed by atoms with E-state index < -0.39 is 0 Å². The number of carbonyl (C=O) groups excluding carboxylic acids is 1. The lowest BCUT2D eigenvalue weighted by Crippen LogP contribution is -2.42. The molecule has 134 valence electrons. The number of halogens is 1. The first kappa shape index (κ1) is 19.4. The van der Waals surface area contributed by atoms with Crippen molar-refractivity contribution in [3.63, 3.8) is 0 Å². The van der Waals surface area contributed by atoms with E-state index in [4.69, 9.17) is 4.74 Å². The first-order valence-corrected chi connectivity index (χ1v) is 8.52. The van der Waals surface area contributed by atoms with Crippen LogP contribution in [0.1, 0.15) is 23.6 Å². The molecule has 0 spiro atoms. The van der Waals surface area contributed by atoms with Crippen LogP contribution >= 0.6 is 12.4 Å². The minimum absolute atomic E-state index is 0. The summed E-state index contributed by atoms with van der Waals surface area (Å²) in [7, 11) is 0. The van der Waals surface area contributed by atoms with E-state index in [1.54, 1.807) is 0 Å². The zero-order valence-electron chi connectivity index (χ0n) is 14.2. The van der Waals surface area contributed by atoms with E-state index in [-0.39, 0.29) is 30.5 Å². The van der Waals surface area contributed by atoms with Gasteiger partial charge in [0.15, 0.2) is 0 Å². The topological polar surface area (TPSA) is 50.4 Å². The molecular formula is C20H25ClN2O2. The molecule has 2 atom stereocenters. The molecule has 1 aliphatic rings. The Bertz CT molecular complexity index is 631. The highest BCUT2D eigenvalue weighted by molar-refractivity contribution is 5.85. The van der Waals surface area contributed by atoms with E-state index in [1.165, 1.54) is 5.56 Å². The maximum absolute atomic E-state index is 12.5. The molecule has 1 aliphatic heterocycles. The third kappa shape index (κ3) is 6.16. The van der Waals surface area contributed by atoms with Crippen molar-refractivity contribution in [2.45, 2.75) is 25.0 Å². The van der Waals surface area contributed by atoms with Gasteiger partial charge in [0.05, 0.1) is 25.2 Å².